The van der Waals surface area contributed by atoms with Crippen LogP contribution in [0.25, 0.3) is 0 Å². The van der Waals surface area contributed by atoms with E-state index < -0.39 is 0 Å². The van der Waals surface area contributed by atoms with Crippen molar-refractivity contribution >= 4 is 40.5 Å². The van der Waals surface area contributed by atoms with Gasteiger partial charge in [-0.3, -0.25) is 15.1 Å². The van der Waals surface area contributed by atoms with Crippen LogP contribution in [0.1, 0.15) is 35.8 Å². The molecule has 3 N–H and O–H groups in total. The molecule has 1 amide bonds. The van der Waals surface area contributed by atoms with Crippen LogP contribution in [0.3, 0.4) is 0 Å². The summed E-state index contributed by atoms with van der Waals surface area (Å²) < 4.78 is 0. The highest BCUT2D eigenvalue weighted by Gasteiger charge is 2.12. The van der Waals surface area contributed by atoms with E-state index in [1.54, 1.807) is 12.3 Å². The van der Waals surface area contributed by atoms with Crippen molar-refractivity contribution in [1.82, 2.24) is 9.97 Å². The van der Waals surface area contributed by atoms with Crippen LogP contribution >= 0.6 is 23.7 Å². The van der Waals surface area contributed by atoms with Crippen LogP contribution in [-0.4, -0.2) is 15.9 Å². The molecule has 0 unspecified atom stereocenters. The quantitative estimate of drug-likeness (QED) is 0.913. The molecule has 2 rings (SSSR count). The van der Waals surface area contributed by atoms with Crippen LogP contribution in [-0.2, 0) is 0 Å². The van der Waals surface area contributed by atoms with Crippen molar-refractivity contribution in [2.24, 2.45) is 0 Å². The minimum Gasteiger partial charge on any atom is -0.398 e. The largest absolute Gasteiger partial charge is 0.398 e. The van der Waals surface area contributed by atoms with Gasteiger partial charge in [0.05, 0.1) is 11.3 Å². The van der Waals surface area contributed by atoms with Crippen molar-refractivity contribution in [3.05, 3.63) is 35.1 Å². The molecule has 0 radical (unpaired) electrons. The third-order valence-corrected chi connectivity index (χ3v) is 3.21. The summed E-state index contributed by atoms with van der Waals surface area (Å²) in [5, 5.41) is 5.24. The highest BCUT2D eigenvalue weighted by molar-refractivity contribution is 7.14. The maximum absolute atomic E-state index is 11.9. The Bertz CT molecular complexity index is 570. The van der Waals surface area contributed by atoms with Crippen molar-refractivity contribution in [1.29, 1.82) is 0 Å². The van der Waals surface area contributed by atoms with E-state index in [0.29, 0.717) is 22.3 Å². The van der Waals surface area contributed by atoms with Crippen molar-refractivity contribution in [3.63, 3.8) is 0 Å². The number of carbonyl (C=O) groups is 1. The number of hydrogen-bond acceptors (Lipinski definition) is 5. The van der Waals surface area contributed by atoms with Gasteiger partial charge in [0.2, 0.25) is 0 Å². The molecule has 102 valence electrons. The lowest BCUT2D eigenvalue weighted by atomic mass is 10.2. The Morgan fingerprint density at radius 1 is 1.47 bits per heavy atom. The molecule has 0 atom stereocenters. The molecule has 0 aliphatic heterocycles. The maximum Gasteiger partial charge on any atom is 0.261 e. The van der Waals surface area contributed by atoms with E-state index >= 15 is 0 Å². The topological polar surface area (TPSA) is 80.9 Å². The Balaban J connectivity index is 0.00000180. The minimum absolute atomic E-state index is 0. The lowest BCUT2D eigenvalue weighted by molar-refractivity contribution is 0.102. The zero-order chi connectivity index (χ0) is 13.1. The van der Waals surface area contributed by atoms with Crippen LogP contribution in [0, 0.1) is 0 Å². The molecular formula is C12H15ClN4OS. The predicted molar refractivity (Wildman–Crippen MR) is 80.1 cm³/mol. The Labute approximate surface area is 121 Å². The predicted octanol–water partition coefficient (Wildman–Crippen LogP) is 2.92. The second-order valence-corrected chi connectivity index (χ2v) is 5.01. The molecule has 19 heavy (non-hydrogen) atoms. The van der Waals surface area contributed by atoms with Crippen LogP contribution in [0.2, 0.25) is 0 Å². The Hall–Kier alpha value is -1.66. The highest BCUT2D eigenvalue weighted by Crippen LogP contribution is 2.22. The number of rotatable bonds is 3. The zero-order valence-corrected chi connectivity index (χ0v) is 12.2. The number of hydrogen-bond donors (Lipinski definition) is 2. The molecule has 5 nitrogen and oxygen atoms in total. The van der Waals surface area contributed by atoms with Gasteiger partial charge < -0.3 is 5.73 Å². The second-order valence-electron chi connectivity index (χ2n) is 4.15. The first-order chi connectivity index (χ1) is 8.58. The lowest BCUT2D eigenvalue weighted by Gasteiger charge is -2.04. The number of thiazole rings is 1. The van der Waals surface area contributed by atoms with Crippen molar-refractivity contribution in [3.8, 4) is 0 Å². The third-order valence-electron chi connectivity index (χ3n) is 2.43. The highest BCUT2D eigenvalue weighted by atomic mass is 35.5. The van der Waals surface area contributed by atoms with E-state index in [-0.39, 0.29) is 18.3 Å². The number of aromatic nitrogens is 2. The number of carbonyl (C=O) groups excluding carboxylic acids is 1. The summed E-state index contributed by atoms with van der Waals surface area (Å²) >= 11 is 1.40. The number of pyridine rings is 1. The number of halogens is 1. The molecule has 0 bridgehead atoms. The first kappa shape index (κ1) is 15.4. The summed E-state index contributed by atoms with van der Waals surface area (Å²) in [5.74, 6) is 0.0561. The first-order valence-corrected chi connectivity index (χ1v) is 6.42. The van der Waals surface area contributed by atoms with Crippen LogP contribution < -0.4 is 11.1 Å². The Morgan fingerprint density at radius 3 is 2.79 bits per heavy atom. The van der Waals surface area contributed by atoms with Crippen molar-refractivity contribution in [2.45, 2.75) is 19.8 Å². The minimum atomic E-state index is -0.287. The standard InChI is InChI=1S/C12H14N4OS.ClH/c1-7(2)10-6-18-12(15-10)16-11(17)8-5-14-4-3-9(8)13;/h3-7H,1-2H3,(H2,13,14)(H,15,16,17);1H. The molecule has 0 saturated carbocycles. The fourth-order valence-electron chi connectivity index (χ4n) is 1.37. The first-order valence-electron chi connectivity index (χ1n) is 5.54. The molecule has 0 spiro atoms. The summed E-state index contributed by atoms with van der Waals surface area (Å²) in [6.45, 7) is 4.11. The summed E-state index contributed by atoms with van der Waals surface area (Å²) in [5.41, 5.74) is 7.44. The summed E-state index contributed by atoms with van der Waals surface area (Å²) in [4.78, 5) is 20.2. The number of nitrogens with two attached hydrogens (primary N) is 1. The molecule has 0 aliphatic carbocycles. The molecule has 7 heteroatoms. The van der Waals surface area contributed by atoms with Crippen molar-refractivity contribution in [2.75, 3.05) is 11.1 Å². The number of nitrogens with one attached hydrogen (secondary N) is 1. The number of nitrogen functional groups attached to an aromatic ring is 1. The van der Waals surface area contributed by atoms with E-state index in [0.717, 1.165) is 5.69 Å². The van der Waals surface area contributed by atoms with E-state index in [2.05, 4.69) is 29.1 Å². The van der Waals surface area contributed by atoms with Gasteiger partial charge in [0.1, 0.15) is 0 Å². The summed E-state index contributed by atoms with van der Waals surface area (Å²) in [6.07, 6.45) is 2.99. The molecule has 2 aromatic heterocycles. The number of amides is 1. The molecule has 0 saturated heterocycles. The van der Waals surface area contributed by atoms with Gasteiger partial charge in [-0.1, -0.05) is 13.8 Å². The SMILES string of the molecule is CC(C)c1csc(NC(=O)c2cnccc2N)n1.Cl. The van der Waals surface area contributed by atoms with Gasteiger partial charge in [-0.15, -0.1) is 23.7 Å². The fourth-order valence-corrected chi connectivity index (χ4v) is 2.24. The molecular weight excluding hydrogens is 284 g/mol. The average molecular weight is 299 g/mol. The maximum atomic E-state index is 11.9. The zero-order valence-electron chi connectivity index (χ0n) is 10.6. The van der Waals surface area contributed by atoms with Crippen LogP contribution in [0.4, 0.5) is 10.8 Å². The van der Waals surface area contributed by atoms with E-state index in [1.807, 2.05) is 5.38 Å². The summed E-state index contributed by atoms with van der Waals surface area (Å²) in [6, 6.07) is 1.59. The van der Waals surface area contributed by atoms with Gasteiger partial charge in [0.25, 0.3) is 5.91 Å². The van der Waals surface area contributed by atoms with E-state index in [1.165, 1.54) is 17.5 Å². The van der Waals surface area contributed by atoms with Crippen molar-refractivity contribution < 1.29 is 4.79 Å². The van der Waals surface area contributed by atoms with Gasteiger partial charge >= 0.3 is 0 Å². The third kappa shape index (κ3) is 3.65. The molecule has 2 heterocycles. The normalized spacial score (nSPS) is 10.1. The molecule has 0 fully saturated rings. The lowest BCUT2D eigenvalue weighted by Crippen LogP contribution is -2.14. The Kier molecular flexibility index (Phi) is 5.26. The fraction of sp³-hybridized carbons (Fsp3) is 0.250. The van der Waals surface area contributed by atoms with Gasteiger partial charge in [-0.25, -0.2) is 4.98 Å². The monoisotopic (exact) mass is 298 g/mol. The van der Waals surface area contributed by atoms with Gasteiger partial charge in [0.15, 0.2) is 5.13 Å². The van der Waals surface area contributed by atoms with Gasteiger partial charge in [0, 0.05) is 23.5 Å². The Morgan fingerprint density at radius 2 is 2.21 bits per heavy atom. The molecule has 0 aromatic carbocycles. The van der Waals surface area contributed by atoms with Gasteiger partial charge in [-0.05, 0) is 12.0 Å². The second kappa shape index (κ2) is 6.49. The van der Waals surface area contributed by atoms with E-state index in [9.17, 15) is 4.79 Å². The number of anilines is 2. The summed E-state index contributed by atoms with van der Waals surface area (Å²) in [7, 11) is 0. The van der Waals surface area contributed by atoms with Crippen LogP contribution in [0.5, 0.6) is 0 Å². The van der Waals surface area contributed by atoms with Crippen LogP contribution in [0.15, 0.2) is 23.8 Å². The average Bonchev–Trinajstić information content (AvgIpc) is 2.78. The smallest absolute Gasteiger partial charge is 0.261 e. The van der Waals surface area contributed by atoms with E-state index in [4.69, 9.17) is 5.73 Å². The molecule has 2 aromatic rings. The molecule has 0 aliphatic rings. The van der Waals surface area contributed by atoms with Gasteiger partial charge in [-0.2, -0.15) is 0 Å². The number of nitrogens with zero attached hydrogens (tertiary/aromatic N) is 2.